The molecule has 0 bridgehead atoms. The molecule has 1 aliphatic heterocycles. The number of aromatic nitrogens is 1. The molecule has 0 spiro atoms. The largest absolute Gasteiger partial charge is 0.376 e. The summed E-state index contributed by atoms with van der Waals surface area (Å²) in [6.45, 7) is 0.873. The highest BCUT2D eigenvalue weighted by Gasteiger charge is 2.23. The van der Waals surface area contributed by atoms with Gasteiger partial charge in [0.1, 0.15) is 5.69 Å². The Labute approximate surface area is 204 Å². The van der Waals surface area contributed by atoms with Crippen LogP contribution in [0.5, 0.6) is 0 Å². The maximum absolute atomic E-state index is 13.0. The van der Waals surface area contributed by atoms with Crippen molar-refractivity contribution in [3.63, 3.8) is 0 Å². The van der Waals surface area contributed by atoms with Crippen LogP contribution in [0.3, 0.4) is 0 Å². The van der Waals surface area contributed by atoms with Crippen LogP contribution < -0.4 is 16.1 Å². The van der Waals surface area contributed by atoms with Crippen molar-refractivity contribution in [3.8, 4) is 0 Å². The number of hydrogen-bond donors (Lipinski definition) is 3. The Morgan fingerprint density at radius 1 is 0.970 bits per heavy atom. The first-order valence-electron chi connectivity index (χ1n) is 10.1. The van der Waals surface area contributed by atoms with Gasteiger partial charge in [-0.25, -0.2) is 4.68 Å². The highest BCUT2D eigenvalue weighted by atomic mass is 35.5. The SMILES string of the molecule is O=C(NC[C@H]1CCCO1)C(=O)Nn1c(C(=O)Nc2cc(Cl)cc(Cl)c2)cc2cc(Cl)ccc21. The van der Waals surface area contributed by atoms with Crippen LogP contribution in [0, 0.1) is 0 Å². The number of rotatable bonds is 5. The topological polar surface area (TPSA) is 101 Å². The molecular formula is C22H19Cl3N4O4. The van der Waals surface area contributed by atoms with Crippen LogP contribution in [-0.2, 0) is 14.3 Å². The molecular weight excluding hydrogens is 491 g/mol. The van der Waals surface area contributed by atoms with Crippen molar-refractivity contribution in [1.82, 2.24) is 9.99 Å². The summed E-state index contributed by atoms with van der Waals surface area (Å²) in [6, 6.07) is 11.0. The van der Waals surface area contributed by atoms with Gasteiger partial charge >= 0.3 is 11.8 Å². The lowest BCUT2D eigenvalue weighted by Gasteiger charge is -2.14. The summed E-state index contributed by atoms with van der Waals surface area (Å²) in [5, 5.41) is 6.99. The minimum absolute atomic E-state index is 0.0728. The Kier molecular flexibility index (Phi) is 7.09. The van der Waals surface area contributed by atoms with E-state index in [-0.39, 0.29) is 18.3 Å². The fourth-order valence-electron chi connectivity index (χ4n) is 3.54. The average molecular weight is 510 g/mol. The Morgan fingerprint density at radius 2 is 1.73 bits per heavy atom. The zero-order chi connectivity index (χ0) is 23.5. The summed E-state index contributed by atoms with van der Waals surface area (Å²) < 4.78 is 6.68. The van der Waals surface area contributed by atoms with E-state index in [2.05, 4.69) is 16.1 Å². The smallest absolute Gasteiger partial charge is 0.328 e. The third-order valence-electron chi connectivity index (χ3n) is 5.05. The molecule has 1 saturated heterocycles. The van der Waals surface area contributed by atoms with E-state index in [0.717, 1.165) is 12.8 Å². The van der Waals surface area contributed by atoms with E-state index in [1.54, 1.807) is 24.3 Å². The molecule has 172 valence electrons. The van der Waals surface area contributed by atoms with Crippen molar-refractivity contribution < 1.29 is 19.1 Å². The van der Waals surface area contributed by atoms with Crippen LogP contribution in [-0.4, -0.2) is 41.7 Å². The molecule has 1 aromatic heterocycles. The predicted octanol–water partition coefficient (Wildman–Crippen LogP) is 4.22. The van der Waals surface area contributed by atoms with Gasteiger partial charge in [-0.05, 0) is 55.3 Å². The van der Waals surface area contributed by atoms with Crippen molar-refractivity contribution in [1.29, 1.82) is 0 Å². The van der Waals surface area contributed by atoms with Crippen molar-refractivity contribution in [2.45, 2.75) is 18.9 Å². The highest BCUT2D eigenvalue weighted by molar-refractivity contribution is 6.38. The van der Waals surface area contributed by atoms with Gasteiger partial charge in [0.15, 0.2) is 0 Å². The van der Waals surface area contributed by atoms with E-state index in [1.807, 2.05) is 0 Å². The van der Waals surface area contributed by atoms with Gasteiger partial charge in [0.2, 0.25) is 0 Å². The van der Waals surface area contributed by atoms with Gasteiger partial charge in [0.05, 0.1) is 11.6 Å². The summed E-state index contributed by atoms with van der Waals surface area (Å²) >= 11 is 18.1. The quantitative estimate of drug-likeness (QED) is 0.448. The Balaban J connectivity index is 1.58. The first-order chi connectivity index (χ1) is 15.8. The first kappa shape index (κ1) is 23.4. The molecule has 1 fully saturated rings. The minimum Gasteiger partial charge on any atom is -0.376 e. The monoisotopic (exact) mass is 508 g/mol. The lowest BCUT2D eigenvalue weighted by molar-refractivity contribution is -0.136. The number of amides is 3. The number of halogens is 3. The lowest BCUT2D eigenvalue weighted by atomic mass is 10.2. The first-order valence-corrected chi connectivity index (χ1v) is 11.2. The second-order valence-electron chi connectivity index (χ2n) is 7.47. The molecule has 4 rings (SSSR count). The number of nitrogens with one attached hydrogen (secondary N) is 3. The number of benzene rings is 2. The number of nitrogens with zero attached hydrogens (tertiary/aromatic N) is 1. The maximum Gasteiger partial charge on any atom is 0.328 e. The molecule has 3 amide bonds. The zero-order valence-electron chi connectivity index (χ0n) is 17.2. The standard InChI is InChI=1S/C22H19Cl3N4O4/c23-13-3-4-18-12(6-13)7-19(20(30)27-16-9-14(24)8-15(25)10-16)29(18)28-22(32)21(31)26-11-17-2-1-5-33-17/h3-4,6-10,17H,1-2,5,11H2,(H,26,31)(H,27,30)(H,28,32)/t17-/m1/s1. The van der Waals surface area contributed by atoms with E-state index < -0.39 is 17.7 Å². The number of fused-ring (bicyclic) bond motifs is 1. The molecule has 0 unspecified atom stereocenters. The van der Waals surface area contributed by atoms with Crippen LogP contribution in [0.2, 0.25) is 15.1 Å². The van der Waals surface area contributed by atoms with E-state index in [1.165, 1.54) is 22.9 Å². The Morgan fingerprint density at radius 3 is 2.42 bits per heavy atom. The molecule has 0 radical (unpaired) electrons. The van der Waals surface area contributed by atoms with Crippen molar-refractivity contribution >= 4 is 69.1 Å². The summed E-state index contributed by atoms with van der Waals surface area (Å²) in [5.41, 5.74) is 3.41. The van der Waals surface area contributed by atoms with Crippen molar-refractivity contribution in [2.24, 2.45) is 0 Å². The number of carbonyl (C=O) groups is 3. The van der Waals surface area contributed by atoms with E-state index in [0.29, 0.717) is 38.3 Å². The number of ether oxygens (including phenoxy) is 1. The van der Waals surface area contributed by atoms with Gasteiger partial charge < -0.3 is 15.4 Å². The van der Waals surface area contributed by atoms with Crippen LogP contribution in [0.1, 0.15) is 23.3 Å². The van der Waals surface area contributed by atoms with E-state index in [4.69, 9.17) is 39.5 Å². The minimum atomic E-state index is -0.930. The zero-order valence-corrected chi connectivity index (χ0v) is 19.4. The third kappa shape index (κ3) is 5.59. The molecule has 3 aromatic rings. The van der Waals surface area contributed by atoms with Gasteiger partial charge in [-0.2, -0.15) is 0 Å². The molecule has 0 saturated carbocycles. The van der Waals surface area contributed by atoms with Gasteiger partial charge in [-0.3, -0.25) is 19.8 Å². The van der Waals surface area contributed by atoms with Crippen LogP contribution >= 0.6 is 34.8 Å². The maximum atomic E-state index is 13.0. The second-order valence-corrected chi connectivity index (χ2v) is 8.78. The van der Waals surface area contributed by atoms with Crippen molar-refractivity contribution in [2.75, 3.05) is 23.9 Å². The highest BCUT2D eigenvalue weighted by Crippen LogP contribution is 2.26. The van der Waals surface area contributed by atoms with Gasteiger partial charge in [0, 0.05) is 39.3 Å². The van der Waals surface area contributed by atoms with Gasteiger partial charge in [-0.15, -0.1) is 0 Å². The van der Waals surface area contributed by atoms with Gasteiger partial charge in [0.25, 0.3) is 5.91 Å². The van der Waals surface area contributed by atoms with Crippen LogP contribution in [0.4, 0.5) is 5.69 Å². The molecule has 11 heteroatoms. The molecule has 1 aliphatic rings. The normalized spacial score (nSPS) is 15.4. The Hall–Kier alpha value is -2.78. The summed E-state index contributed by atoms with van der Waals surface area (Å²) in [7, 11) is 0. The van der Waals surface area contributed by atoms with E-state index >= 15 is 0 Å². The van der Waals surface area contributed by atoms with E-state index in [9.17, 15) is 14.4 Å². The lowest BCUT2D eigenvalue weighted by Crippen LogP contribution is -2.42. The predicted molar refractivity (Wildman–Crippen MR) is 128 cm³/mol. The molecule has 2 heterocycles. The number of anilines is 1. The number of carbonyl (C=O) groups excluding carboxylic acids is 3. The van der Waals surface area contributed by atoms with Crippen LogP contribution in [0.15, 0.2) is 42.5 Å². The summed E-state index contributed by atoms with van der Waals surface area (Å²) in [6.07, 6.45) is 1.63. The molecule has 2 aromatic carbocycles. The third-order valence-corrected chi connectivity index (χ3v) is 5.72. The van der Waals surface area contributed by atoms with Crippen LogP contribution in [0.25, 0.3) is 10.9 Å². The Bertz CT molecular complexity index is 1220. The van der Waals surface area contributed by atoms with Gasteiger partial charge in [-0.1, -0.05) is 34.8 Å². The second kappa shape index (κ2) is 10.0. The molecule has 8 nitrogen and oxygen atoms in total. The summed E-state index contributed by atoms with van der Waals surface area (Å²) in [5.74, 6) is -2.32. The fourth-order valence-corrected chi connectivity index (χ4v) is 4.25. The molecule has 3 N–H and O–H groups in total. The number of hydrogen-bond acceptors (Lipinski definition) is 4. The molecule has 33 heavy (non-hydrogen) atoms. The molecule has 0 aliphatic carbocycles. The average Bonchev–Trinajstić information content (AvgIpc) is 3.39. The van der Waals surface area contributed by atoms with Crippen molar-refractivity contribution in [3.05, 3.63) is 63.2 Å². The fraction of sp³-hybridized carbons (Fsp3) is 0.227. The summed E-state index contributed by atoms with van der Waals surface area (Å²) in [4.78, 5) is 37.9. The molecule has 1 atom stereocenters.